The summed E-state index contributed by atoms with van der Waals surface area (Å²) in [6.07, 6.45) is 10.8. The number of rotatable bonds is 9. The summed E-state index contributed by atoms with van der Waals surface area (Å²) in [4.78, 5) is 5.91. The molecular weight excluding hydrogens is 626 g/mol. The molecule has 0 aliphatic heterocycles. The molecule has 0 bridgehead atoms. The van der Waals surface area contributed by atoms with E-state index in [0.29, 0.717) is 11.4 Å². The van der Waals surface area contributed by atoms with Crippen molar-refractivity contribution in [3.05, 3.63) is 138 Å². The Morgan fingerprint density at radius 1 is 0.457 bits per heavy atom. The number of halogens is 1. The van der Waals surface area contributed by atoms with Crippen LogP contribution in [0.3, 0.4) is 0 Å². The lowest BCUT2D eigenvalue weighted by atomic mass is 9.88. The lowest BCUT2D eigenvalue weighted by molar-refractivity contribution is 0.340. The Morgan fingerprint density at radius 3 is 1.46 bits per heavy atom. The molecule has 2 saturated carbocycles. The summed E-state index contributed by atoms with van der Waals surface area (Å²) < 4.78 is 88.9. The fourth-order valence-corrected chi connectivity index (χ4v) is 7.53. The number of benzene rings is 5. The summed E-state index contributed by atoms with van der Waals surface area (Å²) in [6.45, 7) is 0. The Bertz CT molecular complexity index is 2100. The summed E-state index contributed by atoms with van der Waals surface area (Å²) in [5.74, 6) is 0. The van der Waals surface area contributed by atoms with Gasteiger partial charge < -0.3 is 14.7 Å². The van der Waals surface area contributed by atoms with Crippen molar-refractivity contribution < 1.29 is 13.7 Å². The fraction of sp³-hybridized carbons (Fsp3) is 0.286. The first-order chi connectivity index (χ1) is 26.9. The van der Waals surface area contributed by atoms with Crippen molar-refractivity contribution in [1.29, 1.82) is 0 Å². The minimum absolute atomic E-state index is 0.237. The van der Waals surface area contributed by atoms with Crippen molar-refractivity contribution in [2.75, 3.05) is 14.7 Å². The fourth-order valence-electron chi connectivity index (χ4n) is 7.14. The van der Waals surface area contributed by atoms with Crippen molar-refractivity contribution in [2.45, 2.75) is 76.3 Å². The van der Waals surface area contributed by atoms with Gasteiger partial charge in [0, 0.05) is 45.0 Å². The number of hydrogen-bond donors (Lipinski definition) is 0. The first kappa shape index (κ1) is 21.0. The average molecular weight is 681 g/mol. The third-order valence-electron chi connectivity index (χ3n) is 9.14. The predicted octanol–water partition coefficient (Wildman–Crippen LogP) is 12.9. The van der Waals surface area contributed by atoms with Crippen LogP contribution in [0, 0.1) is 0 Å². The van der Waals surface area contributed by atoms with Crippen molar-refractivity contribution in [2.24, 2.45) is 0 Å². The van der Waals surface area contributed by atoms with Gasteiger partial charge in [0.15, 0.2) is 0 Å². The smallest absolute Gasteiger partial charge is 0.0645 e. The van der Waals surface area contributed by atoms with Gasteiger partial charge in [-0.25, -0.2) is 0 Å². The van der Waals surface area contributed by atoms with Crippen molar-refractivity contribution >= 4 is 55.7 Å². The normalized spacial score (nSPS) is 18.8. The van der Waals surface area contributed by atoms with Crippen LogP contribution in [-0.4, -0.2) is 12.1 Å². The molecule has 0 N–H and O–H groups in total. The SMILES string of the molecule is [2H]c1c([2H])c([2H])c(N(c2cc(N(c3ccccc3)c3cccc(Br)c3)cc(N(C3CCCCC3)C3CCCCC3)c2)c2c([2H])c([2H])c([2H])c([2H])c2[2H])c([2H])c1[2H]. The quantitative estimate of drug-likeness (QED) is 0.153. The first-order valence-corrected chi connectivity index (χ1v) is 17.2. The third-order valence-corrected chi connectivity index (χ3v) is 9.63. The molecule has 5 aromatic rings. The maximum atomic E-state index is 9.15. The number of anilines is 7. The van der Waals surface area contributed by atoms with Gasteiger partial charge >= 0.3 is 0 Å². The lowest BCUT2D eigenvalue weighted by Gasteiger charge is -2.44. The highest BCUT2D eigenvalue weighted by Crippen LogP contribution is 2.45. The standard InChI is InChI=1S/C42H44BrN3/c43-33-17-16-28-39(29-33)46(38-26-14-5-15-27-38)42-31-40(44(34-18-6-1-7-19-34)35-20-8-2-9-21-35)30-41(32-42)45(36-22-10-3-11-23-36)37-24-12-4-13-25-37/h1-2,5-9,14-21,26-32,36-37H,3-4,10-13,22-25H2/i1D,2D,6D,7D,8D,9D,18D,19D,20D,21D. The van der Waals surface area contributed by atoms with E-state index in [9.17, 15) is 0 Å². The van der Waals surface area contributed by atoms with Crippen LogP contribution in [0.25, 0.3) is 0 Å². The highest BCUT2D eigenvalue weighted by atomic mass is 79.9. The van der Waals surface area contributed by atoms with Crippen LogP contribution in [-0.2, 0) is 0 Å². The summed E-state index contributed by atoms with van der Waals surface area (Å²) in [7, 11) is 0. The van der Waals surface area contributed by atoms with Gasteiger partial charge in [-0.2, -0.15) is 0 Å². The molecule has 46 heavy (non-hydrogen) atoms. The van der Waals surface area contributed by atoms with Crippen LogP contribution in [0.5, 0.6) is 0 Å². The third kappa shape index (κ3) is 6.88. The van der Waals surface area contributed by atoms with Crippen molar-refractivity contribution in [3.8, 4) is 0 Å². The van der Waals surface area contributed by atoms with E-state index in [1.54, 1.807) is 0 Å². The molecule has 2 fully saturated rings. The van der Waals surface area contributed by atoms with Crippen LogP contribution in [0.4, 0.5) is 39.8 Å². The van der Waals surface area contributed by atoms with Gasteiger partial charge in [-0.05, 0) is 98.4 Å². The molecule has 3 nitrogen and oxygen atoms in total. The largest absolute Gasteiger partial charge is 0.365 e. The molecule has 0 amide bonds. The minimum atomic E-state index is -0.596. The van der Waals surface area contributed by atoms with E-state index in [1.807, 2.05) is 66.7 Å². The molecule has 5 aromatic carbocycles. The molecule has 0 radical (unpaired) electrons. The lowest BCUT2D eigenvalue weighted by Crippen LogP contribution is -2.45. The van der Waals surface area contributed by atoms with Gasteiger partial charge in [0.2, 0.25) is 0 Å². The Labute approximate surface area is 297 Å². The molecular formula is C42H44BrN3. The van der Waals surface area contributed by atoms with Gasteiger partial charge in [0.05, 0.1) is 25.1 Å². The second-order valence-corrected chi connectivity index (χ2v) is 13.0. The number of nitrogens with zero attached hydrogens (tertiary/aromatic N) is 3. The van der Waals surface area contributed by atoms with Gasteiger partial charge in [0.25, 0.3) is 0 Å². The second-order valence-electron chi connectivity index (χ2n) is 12.1. The molecule has 7 rings (SSSR count). The Balaban J connectivity index is 1.61. The molecule has 2 aliphatic carbocycles. The molecule has 0 atom stereocenters. The van der Waals surface area contributed by atoms with Crippen LogP contribution in [0.2, 0.25) is 0 Å². The van der Waals surface area contributed by atoms with E-state index >= 15 is 0 Å². The minimum Gasteiger partial charge on any atom is -0.365 e. The summed E-state index contributed by atoms with van der Waals surface area (Å²) >= 11 is 3.66. The molecule has 234 valence electrons. The Morgan fingerprint density at radius 2 is 0.935 bits per heavy atom. The monoisotopic (exact) mass is 679 g/mol. The molecule has 0 aromatic heterocycles. The van der Waals surface area contributed by atoms with Crippen LogP contribution in [0.15, 0.2) is 138 Å². The van der Waals surface area contributed by atoms with Crippen molar-refractivity contribution in [1.82, 2.24) is 0 Å². The predicted molar refractivity (Wildman–Crippen MR) is 200 cm³/mol. The summed E-state index contributed by atoms with van der Waals surface area (Å²) in [5.41, 5.74) is 2.88. The van der Waals surface area contributed by atoms with E-state index in [-0.39, 0.29) is 23.5 Å². The average Bonchev–Trinajstić information content (AvgIpc) is 3.21. The van der Waals surface area contributed by atoms with Gasteiger partial charge in [-0.1, -0.05) is 115 Å². The topological polar surface area (TPSA) is 9.72 Å². The molecule has 4 heteroatoms. The number of para-hydroxylation sites is 3. The van der Waals surface area contributed by atoms with E-state index in [0.717, 1.165) is 72.9 Å². The molecule has 2 aliphatic rings. The molecule has 0 unspecified atom stereocenters. The number of hydrogen-bond acceptors (Lipinski definition) is 3. The van der Waals surface area contributed by atoms with E-state index in [4.69, 9.17) is 13.7 Å². The maximum absolute atomic E-state index is 9.15. The van der Waals surface area contributed by atoms with Gasteiger partial charge in [-0.3, -0.25) is 0 Å². The highest BCUT2D eigenvalue weighted by Gasteiger charge is 2.31. The highest BCUT2D eigenvalue weighted by molar-refractivity contribution is 9.10. The summed E-state index contributed by atoms with van der Waals surface area (Å²) in [5, 5.41) is 0. The molecule has 0 heterocycles. The van der Waals surface area contributed by atoms with Crippen molar-refractivity contribution in [3.63, 3.8) is 0 Å². The van der Waals surface area contributed by atoms with Gasteiger partial charge in [0.1, 0.15) is 0 Å². The summed E-state index contributed by atoms with van der Waals surface area (Å²) in [6, 6.07) is 18.3. The zero-order valence-corrected chi connectivity index (χ0v) is 27.5. The molecule has 0 saturated heterocycles. The second kappa shape index (κ2) is 14.6. The first-order valence-electron chi connectivity index (χ1n) is 21.4. The zero-order chi connectivity index (χ0) is 39.8. The van der Waals surface area contributed by atoms with E-state index in [2.05, 4.69) is 31.8 Å². The van der Waals surface area contributed by atoms with Crippen LogP contribution >= 0.6 is 15.9 Å². The Hall–Kier alpha value is -4.02. The van der Waals surface area contributed by atoms with Crippen LogP contribution in [0.1, 0.15) is 77.9 Å². The van der Waals surface area contributed by atoms with E-state index < -0.39 is 60.4 Å². The zero-order valence-electron chi connectivity index (χ0n) is 35.9. The molecule has 0 spiro atoms. The van der Waals surface area contributed by atoms with E-state index in [1.165, 1.54) is 17.7 Å². The van der Waals surface area contributed by atoms with Gasteiger partial charge in [-0.15, -0.1) is 0 Å². The Kier molecular flexibility index (Phi) is 6.66. The van der Waals surface area contributed by atoms with Crippen LogP contribution < -0.4 is 14.7 Å². The maximum Gasteiger partial charge on any atom is 0.0645 e.